The van der Waals surface area contributed by atoms with E-state index in [4.69, 9.17) is 0 Å². The highest BCUT2D eigenvalue weighted by Crippen LogP contribution is 2.30. The average Bonchev–Trinajstić information content (AvgIpc) is 3.04. The van der Waals surface area contributed by atoms with Crippen LogP contribution in [-0.2, 0) is 17.4 Å². The summed E-state index contributed by atoms with van der Waals surface area (Å²) in [5, 5.41) is 4.01. The molecule has 27 heavy (non-hydrogen) atoms. The second-order valence-corrected chi connectivity index (χ2v) is 6.62. The van der Waals surface area contributed by atoms with Crippen LogP contribution in [0.2, 0.25) is 0 Å². The number of carbonyl (C=O) groups is 1. The number of para-hydroxylation sites is 1. The molecule has 3 rings (SSSR count). The number of aryl methyl sites for hydroxylation is 1. The van der Waals surface area contributed by atoms with Crippen molar-refractivity contribution in [3.8, 4) is 0 Å². The summed E-state index contributed by atoms with van der Waals surface area (Å²) in [5.74, 6) is -0.109. The highest BCUT2D eigenvalue weighted by atomic mass is 19.4. The smallest absolute Gasteiger partial charge is 0.361 e. The second-order valence-electron chi connectivity index (χ2n) is 6.62. The minimum atomic E-state index is -4.35. The maximum atomic E-state index is 12.6. The van der Waals surface area contributed by atoms with Crippen molar-refractivity contribution >= 4 is 16.8 Å². The molecule has 0 fully saturated rings. The predicted molar refractivity (Wildman–Crippen MR) is 99.2 cm³/mol. The first-order valence-corrected chi connectivity index (χ1v) is 8.86. The Labute approximate surface area is 155 Å². The Bertz CT molecular complexity index is 913. The van der Waals surface area contributed by atoms with Crippen LogP contribution in [0.1, 0.15) is 42.5 Å². The first-order valence-electron chi connectivity index (χ1n) is 8.86. The van der Waals surface area contributed by atoms with Crippen LogP contribution in [0.3, 0.4) is 0 Å². The van der Waals surface area contributed by atoms with Crippen LogP contribution < -0.4 is 5.32 Å². The van der Waals surface area contributed by atoms with Crippen molar-refractivity contribution in [3.05, 3.63) is 71.4 Å². The Morgan fingerprint density at radius 2 is 1.81 bits per heavy atom. The van der Waals surface area contributed by atoms with Gasteiger partial charge in [0, 0.05) is 23.5 Å². The van der Waals surface area contributed by atoms with Crippen LogP contribution in [0.15, 0.2) is 54.7 Å². The lowest BCUT2D eigenvalue weighted by Crippen LogP contribution is -2.26. The highest BCUT2D eigenvalue weighted by molar-refractivity contribution is 5.83. The van der Waals surface area contributed by atoms with E-state index in [1.54, 1.807) is 6.92 Å². The number of aromatic amines is 1. The number of nitrogens with one attached hydrogen (secondary N) is 2. The lowest BCUT2D eigenvalue weighted by atomic mass is 10.0. The van der Waals surface area contributed by atoms with Gasteiger partial charge in [-0.2, -0.15) is 13.2 Å². The van der Waals surface area contributed by atoms with Gasteiger partial charge in [0.05, 0.1) is 11.6 Å². The van der Waals surface area contributed by atoms with Crippen LogP contribution in [-0.4, -0.2) is 10.9 Å². The maximum absolute atomic E-state index is 12.6. The zero-order chi connectivity index (χ0) is 19.4. The zero-order valence-corrected chi connectivity index (χ0v) is 14.9. The van der Waals surface area contributed by atoms with Crippen LogP contribution in [0.25, 0.3) is 10.9 Å². The van der Waals surface area contributed by atoms with Crippen LogP contribution >= 0.6 is 0 Å². The van der Waals surface area contributed by atoms with Gasteiger partial charge in [-0.05, 0) is 49.1 Å². The molecule has 1 unspecified atom stereocenters. The molecule has 0 saturated carbocycles. The molecule has 1 atom stereocenters. The number of H-pyrrole nitrogens is 1. The Hall–Kier alpha value is -2.76. The Balaban J connectivity index is 1.50. The fourth-order valence-corrected chi connectivity index (χ4v) is 3.14. The van der Waals surface area contributed by atoms with E-state index in [2.05, 4.69) is 10.3 Å². The van der Waals surface area contributed by atoms with Crippen LogP contribution in [0.4, 0.5) is 13.2 Å². The first-order chi connectivity index (χ1) is 12.8. The number of halogens is 3. The molecule has 0 aliphatic heterocycles. The molecule has 0 radical (unpaired) electrons. The molecule has 0 aliphatic rings. The summed E-state index contributed by atoms with van der Waals surface area (Å²) in [7, 11) is 0. The average molecular weight is 374 g/mol. The Morgan fingerprint density at radius 1 is 1.11 bits per heavy atom. The molecular formula is C21H21F3N2O. The zero-order valence-electron chi connectivity index (χ0n) is 14.9. The fraction of sp³-hybridized carbons (Fsp3) is 0.286. The predicted octanol–water partition coefficient (Wildman–Crippen LogP) is 5.39. The summed E-state index contributed by atoms with van der Waals surface area (Å²) < 4.78 is 37.8. The van der Waals surface area contributed by atoms with Crippen molar-refractivity contribution in [1.82, 2.24) is 10.3 Å². The molecule has 3 nitrogen and oxygen atoms in total. The first kappa shape index (κ1) is 19.0. The van der Waals surface area contributed by atoms with Gasteiger partial charge >= 0.3 is 6.18 Å². The molecule has 0 spiro atoms. The molecule has 1 aromatic heterocycles. The Kier molecular flexibility index (Phi) is 5.54. The third-order valence-corrected chi connectivity index (χ3v) is 4.64. The van der Waals surface area contributed by atoms with Crippen LogP contribution in [0, 0.1) is 0 Å². The standard InChI is InChI=1S/C21H21F3N2O/c1-14(15-9-11-17(12-10-15)21(22,23)24)26-20(27)8-4-5-16-13-25-19-7-3-2-6-18(16)19/h2-3,6-7,9-14,25H,4-5,8H2,1H3,(H,26,27). The number of carbonyl (C=O) groups excluding carboxylic acids is 1. The summed E-state index contributed by atoms with van der Waals surface area (Å²) in [6, 6.07) is 12.6. The van der Waals surface area contributed by atoms with Crippen molar-refractivity contribution < 1.29 is 18.0 Å². The maximum Gasteiger partial charge on any atom is 0.416 e. The minimum absolute atomic E-state index is 0.109. The summed E-state index contributed by atoms with van der Waals surface area (Å²) >= 11 is 0. The fourth-order valence-electron chi connectivity index (χ4n) is 3.14. The van der Waals surface area contributed by atoms with E-state index in [9.17, 15) is 18.0 Å². The van der Waals surface area contributed by atoms with Crippen molar-refractivity contribution in [3.63, 3.8) is 0 Å². The van der Waals surface area contributed by atoms with Crippen molar-refractivity contribution in [2.24, 2.45) is 0 Å². The second kappa shape index (κ2) is 7.86. The van der Waals surface area contributed by atoms with E-state index in [0.29, 0.717) is 18.4 Å². The van der Waals surface area contributed by atoms with Gasteiger partial charge in [0.15, 0.2) is 0 Å². The molecule has 1 amide bonds. The van der Waals surface area contributed by atoms with Crippen molar-refractivity contribution in [1.29, 1.82) is 0 Å². The van der Waals surface area contributed by atoms with Crippen molar-refractivity contribution in [2.75, 3.05) is 0 Å². The number of rotatable bonds is 6. The molecular weight excluding hydrogens is 353 g/mol. The van der Waals surface area contributed by atoms with Gasteiger partial charge < -0.3 is 10.3 Å². The Morgan fingerprint density at radius 3 is 2.52 bits per heavy atom. The van der Waals surface area contributed by atoms with E-state index in [1.165, 1.54) is 17.7 Å². The minimum Gasteiger partial charge on any atom is -0.361 e. The number of alkyl halides is 3. The van der Waals surface area contributed by atoms with Gasteiger partial charge in [0.2, 0.25) is 5.91 Å². The molecule has 2 N–H and O–H groups in total. The van der Waals surface area contributed by atoms with E-state index in [1.807, 2.05) is 30.5 Å². The van der Waals surface area contributed by atoms with E-state index in [-0.39, 0.29) is 11.9 Å². The molecule has 0 bridgehead atoms. The van der Waals surface area contributed by atoms with Crippen molar-refractivity contribution in [2.45, 2.75) is 38.4 Å². The van der Waals surface area contributed by atoms with E-state index >= 15 is 0 Å². The summed E-state index contributed by atoms with van der Waals surface area (Å²) in [6.45, 7) is 1.76. The van der Waals surface area contributed by atoms with E-state index in [0.717, 1.165) is 29.5 Å². The highest BCUT2D eigenvalue weighted by Gasteiger charge is 2.30. The van der Waals surface area contributed by atoms with Crippen LogP contribution in [0.5, 0.6) is 0 Å². The third kappa shape index (κ3) is 4.70. The topological polar surface area (TPSA) is 44.9 Å². The normalized spacial score (nSPS) is 12.9. The molecule has 1 heterocycles. The van der Waals surface area contributed by atoms with Gasteiger partial charge in [0.25, 0.3) is 0 Å². The number of benzene rings is 2. The van der Waals surface area contributed by atoms with Gasteiger partial charge in [-0.1, -0.05) is 30.3 Å². The number of amides is 1. The molecule has 0 saturated heterocycles. The molecule has 6 heteroatoms. The summed E-state index contributed by atoms with van der Waals surface area (Å²) in [4.78, 5) is 15.4. The van der Waals surface area contributed by atoms with Gasteiger partial charge in [-0.15, -0.1) is 0 Å². The monoisotopic (exact) mass is 374 g/mol. The van der Waals surface area contributed by atoms with Gasteiger partial charge in [0.1, 0.15) is 0 Å². The lowest BCUT2D eigenvalue weighted by molar-refractivity contribution is -0.137. The lowest BCUT2D eigenvalue weighted by Gasteiger charge is -2.15. The summed E-state index contributed by atoms with van der Waals surface area (Å²) in [6.07, 6.45) is -0.537. The number of hydrogen-bond donors (Lipinski definition) is 2. The number of hydrogen-bond acceptors (Lipinski definition) is 1. The van der Waals surface area contributed by atoms with Gasteiger partial charge in [-0.25, -0.2) is 0 Å². The van der Waals surface area contributed by atoms with E-state index < -0.39 is 11.7 Å². The quantitative estimate of drug-likeness (QED) is 0.597. The van der Waals surface area contributed by atoms with Gasteiger partial charge in [-0.3, -0.25) is 4.79 Å². The number of aromatic nitrogens is 1. The molecule has 142 valence electrons. The molecule has 2 aromatic carbocycles. The third-order valence-electron chi connectivity index (χ3n) is 4.64. The number of fused-ring (bicyclic) bond motifs is 1. The SMILES string of the molecule is CC(NC(=O)CCCc1c[nH]c2ccccc12)c1ccc(C(F)(F)F)cc1. The summed E-state index contributed by atoms with van der Waals surface area (Å²) in [5.41, 5.74) is 2.21. The molecule has 0 aliphatic carbocycles. The largest absolute Gasteiger partial charge is 0.416 e. The molecule has 3 aromatic rings.